The number of morpholine rings is 1. The lowest BCUT2D eigenvalue weighted by Crippen LogP contribution is -2.48. The molecule has 0 aliphatic carbocycles. The van der Waals surface area contributed by atoms with Gasteiger partial charge in [0.05, 0.1) is 31.4 Å². The quantitative estimate of drug-likeness (QED) is 0.403. The average Bonchev–Trinajstić information content (AvgIpc) is 3.23. The second-order valence-corrected chi connectivity index (χ2v) is 8.44. The number of nitrogens with zero attached hydrogens (tertiary/aromatic N) is 2. The number of aromatic nitrogens is 2. The molecule has 0 radical (unpaired) electrons. The molecule has 1 amide bonds. The van der Waals surface area contributed by atoms with Crippen LogP contribution in [-0.4, -0.2) is 53.4 Å². The third-order valence-electron chi connectivity index (χ3n) is 5.92. The standard InChI is InChI=1S/C26H26FN3O5/c1-4-33-23-13-20-17(12-24(23)35-26(31)30-9-10-32-14-16(30)3)21(7-8-28-20)34-22-6-5-19-18(25(22)27)11-15(2)29-19/h5-8,11-13,16,29H,4,9-10,14H2,1-3H3. The molecule has 1 fully saturated rings. The van der Waals surface area contributed by atoms with Crippen LogP contribution in [0.5, 0.6) is 23.0 Å². The maximum absolute atomic E-state index is 15.2. The minimum Gasteiger partial charge on any atom is -0.490 e. The topological polar surface area (TPSA) is 85.9 Å². The van der Waals surface area contributed by atoms with Crippen LogP contribution in [0.1, 0.15) is 19.5 Å². The Hall–Kier alpha value is -3.85. The Morgan fingerprint density at radius 3 is 2.83 bits per heavy atom. The molecule has 1 aliphatic heterocycles. The number of pyridine rings is 1. The van der Waals surface area contributed by atoms with Gasteiger partial charge in [0, 0.05) is 40.8 Å². The van der Waals surface area contributed by atoms with Crippen LogP contribution < -0.4 is 14.2 Å². The number of amides is 1. The SMILES string of the molecule is CCOc1cc2nccc(Oc3ccc4[nH]c(C)cc4c3F)c2cc1OC(=O)N1CCOCC1C. The van der Waals surface area contributed by atoms with Crippen molar-refractivity contribution in [1.82, 2.24) is 14.9 Å². The van der Waals surface area contributed by atoms with E-state index in [1.54, 1.807) is 47.5 Å². The lowest BCUT2D eigenvalue weighted by molar-refractivity contribution is 0.00830. The summed E-state index contributed by atoms with van der Waals surface area (Å²) in [6.45, 7) is 7.33. The Labute approximate surface area is 201 Å². The number of carbonyl (C=O) groups is 1. The van der Waals surface area contributed by atoms with E-state index in [2.05, 4.69) is 9.97 Å². The van der Waals surface area contributed by atoms with Crippen LogP contribution in [0.4, 0.5) is 9.18 Å². The summed E-state index contributed by atoms with van der Waals surface area (Å²) in [5.41, 5.74) is 2.11. The monoisotopic (exact) mass is 479 g/mol. The number of benzene rings is 2. The highest BCUT2D eigenvalue weighted by molar-refractivity contribution is 5.89. The minimum absolute atomic E-state index is 0.0820. The summed E-state index contributed by atoms with van der Waals surface area (Å²) in [6.07, 6.45) is 1.08. The van der Waals surface area contributed by atoms with Gasteiger partial charge in [-0.15, -0.1) is 0 Å². The fraction of sp³-hybridized carbons (Fsp3) is 0.308. The molecule has 1 saturated heterocycles. The molecule has 0 bridgehead atoms. The van der Waals surface area contributed by atoms with Crippen molar-refractivity contribution < 1.29 is 28.1 Å². The van der Waals surface area contributed by atoms with Gasteiger partial charge < -0.3 is 28.8 Å². The first kappa shape index (κ1) is 22.9. The first-order chi connectivity index (χ1) is 16.9. The first-order valence-electron chi connectivity index (χ1n) is 11.5. The van der Waals surface area contributed by atoms with Gasteiger partial charge in [-0.3, -0.25) is 4.98 Å². The van der Waals surface area contributed by atoms with E-state index in [1.165, 1.54) is 0 Å². The summed E-state index contributed by atoms with van der Waals surface area (Å²) in [7, 11) is 0. The molecule has 4 aromatic rings. The summed E-state index contributed by atoms with van der Waals surface area (Å²) >= 11 is 0. The Bertz CT molecular complexity index is 1400. The number of halogens is 1. The number of carbonyl (C=O) groups excluding carboxylic acids is 1. The molecule has 8 nitrogen and oxygen atoms in total. The van der Waals surface area contributed by atoms with Crippen molar-refractivity contribution in [3.63, 3.8) is 0 Å². The first-order valence-corrected chi connectivity index (χ1v) is 11.5. The fourth-order valence-electron chi connectivity index (χ4n) is 4.20. The van der Waals surface area contributed by atoms with Gasteiger partial charge in [-0.25, -0.2) is 9.18 Å². The molecule has 1 N–H and O–H groups in total. The Kier molecular flexibility index (Phi) is 6.17. The minimum atomic E-state index is -0.494. The molecule has 9 heteroatoms. The number of ether oxygens (including phenoxy) is 4. The van der Waals surface area contributed by atoms with Gasteiger partial charge in [-0.1, -0.05) is 0 Å². The molecule has 5 rings (SSSR count). The number of aryl methyl sites for hydroxylation is 1. The van der Waals surface area contributed by atoms with Gasteiger partial charge in [0.2, 0.25) is 0 Å². The van der Waals surface area contributed by atoms with Crippen LogP contribution in [-0.2, 0) is 4.74 Å². The number of aromatic amines is 1. The number of nitrogens with one attached hydrogen (secondary N) is 1. The van der Waals surface area contributed by atoms with Crippen molar-refractivity contribution in [3.05, 3.63) is 54.1 Å². The van der Waals surface area contributed by atoms with Crippen molar-refractivity contribution >= 4 is 27.9 Å². The smallest absolute Gasteiger partial charge is 0.415 e. The molecule has 0 saturated carbocycles. The number of rotatable bonds is 5. The van der Waals surface area contributed by atoms with E-state index < -0.39 is 11.9 Å². The highest BCUT2D eigenvalue weighted by atomic mass is 19.1. The molecule has 3 heterocycles. The molecule has 1 aliphatic rings. The molecule has 1 unspecified atom stereocenters. The molecule has 182 valence electrons. The largest absolute Gasteiger partial charge is 0.490 e. The number of fused-ring (bicyclic) bond motifs is 2. The van der Waals surface area contributed by atoms with Crippen LogP contribution in [0.25, 0.3) is 21.8 Å². The zero-order valence-corrected chi connectivity index (χ0v) is 19.8. The molecule has 0 spiro atoms. The Morgan fingerprint density at radius 1 is 1.17 bits per heavy atom. The van der Waals surface area contributed by atoms with Gasteiger partial charge in [0.15, 0.2) is 23.1 Å². The summed E-state index contributed by atoms with van der Waals surface area (Å²) in [5, 5.41) is 1.00. The number of H-pyrrole nitrogens is 1. The molecule has 35 heavy (non-hydrogen) atoms. The van der Waals surface area contributed by atoms with Crippen molar-refractivity contribution in [1.29, 1.82) is 0 Å². The van der Waals surface area contributed by atoms with Crippen LogP contribution in [0.15, 0.2) is 42.6 Å². The summed E-state index contributed by atoms with van der Waals surface area (Å²) in [6, 6.07) is 9.95. The maximum atomic E-state index is 15.2. The predicted molar refractivity (Wildman–Crippen MR) is 129 cm³/mol. The zero-order chi connectivity index (χ0) is 24.5. The van der Waals surface area contributed by atoms with E-state index in [1.807, 2.05) is 20.8 Å². The van der Waals surface area contributed by atoms with Crippen LogP contribution in [0, 0.1) is 12.7 Å². The summed E-state index contributed by atoms with van der Waals surface area (Å²) < 4.78 is 38.0. The van der Waals surface area contributed by atoms with Crippen molar-refractivity contribution in [3.8, 4) is 23.0 Å². The van der Waals surface area contributed by atoms with E-state index in [4.69, 9.17) is 18.9 Å². The number of hydrogen-bond acceptors (Lipinski definition) is 6. The van der Waals surface area contributed by atoms with Gasteiger partial charge in [0.1, 0.15) is 5.75 Å². The highest BCUT2D eigenvalue weighted by Crippen LogP contribution is 2.39. The molecular formula is C26H26FN3O5. The van der Waals surface area contributed by atoms with Crippen LogP contribution in [0.2, 0.25) is 0 Å². The predicted octanol–water partition coefficient (Wildman–Crippen LogP) is 5.57. The number of hydrogen-bond donors (Lipinski definition) is 1. The second-order valence-electron chi connectivity index (χ2n) is 8.44. The Morgan fingerprint density at radius 2 is 2.03 bits per heavy atom. The third-order valence-corrected chi connectivity index (χ3v) is 5.92. The van der Waals surface area contributed by atoms with Crippen molar-refractivity contribution in [2.75, 3.05) is 26.4 Å². The molecule has 2 aromatic heterocycles. The normalized spacial score (nSPS) is 16.0. The third kappa shape index (κ3) is 4.46. The maximum Gasteiger partial charge on any atom is 0.415 e. The van der Waals surface area contributed by atoms with Crippen molar-refractivity contribution in [2.24, 2.45) is 0 Å². The van der Waals surface area contributed by atoms with Crippen LogP contribution in [0.3, 0.4) is 0 Å². The van der Waals surface area contributed by atoms with E-state index >= 15 is 4.39 Å². The lowest BCUT2D eigenvalue weighted by atomic mass is 10.1. The zero-order valence-electron chi connectivity index (χ0n) is 19.8. The molecule has 1 atom stereocenters. The highest BCUT2D eigenvalue weighted by Gasteiger charge is 2.27. The van der Waals surface area contributed by atoms with Crippen molar-refractivity contribution in [2.45, 2.75) is 26.8 Å². The summed E-state index contributed by atoms with van der Waals surface area (Å²) in [4.78, 5) is 22.0. The van der Waals surface area contributed by atoms with Gasteiger partial charge in [-0.2, -0.15) is 0 Å². The molecular weight excluding hydrogens is 453 g/mol. The second kappa shape index (κ2) is 9.42. The lowest BCUT2D eigenvalue weighted by Gasteiger charge is -2.32. The van der Waals surface area contributed by atoms with E-state index in [9.17, 15) is 4.79 Å². The van der Waals surface area contributed by atoms with E-state index in [0.717, 1.165) is 5.69 Å². The van der Waals surface area contributed by atoms with Gasteiger partial charge in [-0.05, 0) is 51.1 Å². The Balaban J connectivity index is 1.52. The van der Waals surface area contributed by atoms with Gasteiger partial charge in [0.25, 0.3) is 0 Å². The van der Waals surface area contributed by atoms with E-state index in [-0.39, 0.29) is 17.5 Å². The molecule has 2 aromatic carbocycles. The fourth-order valence-corrected chi connectivity index (χ4v) is 4.20. The van der Waals surface area contributed by atoms with E-state index in [0.29, 0.717) is 59.7 Å². The average molecular weight is 480 g/mol. The summed E-state index contributed by atoms with van der Waals surface area (Å²) in [5.74, 6) is 0.613. The van der Waals surface area contributed by atoms with Crippen LogP contribution >= 0.6 is 0 Å². The van der Waals surface area contributed by atoms with Gasteiger partial charge >= 0.3 is 6.09 Å².